The van der Waals surface area contributed by atoms with Gasteiger partial charge in [-0.15, -0.1) is 0 Å². The summed E-state index contributed by atoms with van der Waals surface area (Å²) in [5, 5.41) is 11.8. The van der Waals surface area contributed by atoms with Gasteiger partial charge in [-0.25, -0.2) is 4.98 Å². The largest absolute Gasteiger partial charge is 0.396 e. The van der Waals surface area contributed by atoms with Crippen LogP contribution < -0.4 is 10.9 Å². The quantitative estimate of drug-likeness (QED) is 0.643. The summed E-state index contributed by atoms with van der Waals surface area (Å²) in [7, 11) is 0. The molecule has 0 fully saturated rings. The third kappa shape index (κ3) is 2.35. The number of hydrogen-bond donors (Lipinski definition) is 3. The molecule has 3 N–H and O–H groups in total. The van der Waals surface area contributed by atoms with Crippen molar-refractivity contribution in [1.82, 2.24) is 19.5 Å². The van der Waals surface area contributed by atoms with Gasteiger partial charge in [0, 0.05) is 19.7 Å². The number of nitrogens with one attached hydrogen (secondary N) is 2. The highest BCUT2D eigenvalue weighted by molar-refractivity contribution is 5.70. The number of aliphatic hydroxyl groups excluding tert-OH is 1. The van der Waals surface area contributed by atoms with E-state index in [1.165, 1.54) is 6.33 Å². The molecule has 2 aromatic heterocycles. The molecule has 0 aliphatic rings. The number of H-pyrrole nitrogens is 1. The molecule has 18 heavy (non-hydrogen) atoms. The molecule has 2 rings (SSSR count). The van der Waals surface area contributed by atoms with Gasteiger partial charge in [-0.2, -0.15) is 4.98 Å². The van der Waals surface area contributed by atoms with Crippen molar-refractivity contribution in [3.63, 3.8) is 0 Å². The molecule has 7 nitrogen and oxygen atoms in total. The number of fused-ring (bicyclic) bond motifs is 1. The Balaban J connectivity index is 2.42. The Morgan fingerprint density at radius 2 is 2.39 bits per heavy atom. The summed E-state index contributed by atoms with van der Waals surface area (Å²) >= 11 is 0. The van der Waals surface area contributed by atoms with Gasteiger partial charge in [0.2, 0.25) is 5.95 Å². The van der Waals surface area contributed by atoms with Gasteiger partial charge in [0.1, 0.15) is 0 Å². The Kier molecular flexibility index (Phi) is 3.93. The lowest BCUT2D eigenvalue weighted by molar-refractivity contribution is 0.292. The van der Waals surface area contributed by atoms with E-state index in [9.17, 15) is 4.79 Å². The highest BCUT2D eigenvalue weighted by Crippen LogP contribution is 2.11. The molecular weight excluding hydrogens is 234 g/mol. The van der Waals surface area contributed by atoms with Crippen molar-refractivity contribution < 1.29 is 5.11 Å². The second-order valence-electron chi connectivity index (χ2n) is 4.00. The van der Waals surface area contributed by atoms with E-state index in [4.69, 9.17) is 5.11 Å². The zero-order valence-corrected chi connectivity index (χ0v) is 10.3. The second kappa shape index (κ2) is 5.63. The maximum absolute atomic E-state index is 11.8. The van der Waals surface area contributed by atoms with Crippen LogP contribution in [0.4, 0.5) is 5.95 Å². The van der Waals surface area contributed by atoms with Crippen LogP contribution in [0, 0.1) is 0 Å². The van der Waals surface area contributed by atoms with Crippen LogP contribution in [0.3, 0.4) is 0 Å². The lowest BCUT2D eigenvalue weighted by atomic mass is 10.4. The summed E-state index contributed by atoms with van der Waals surface area (Å²) in [6, 6.07) is 0. The normalized spacial score (nSPS) is 11.0. The minimum Gasteiger partial charge on any atom is -0.396 e. The SMILES string of the molecule is CCCn1c(NCCCO)nc(=O)c2[nH]cnc21. The Morgan fingerprint density at radius 1 is 1.56 bits per heavy atom. The van der Waals surface area contributed by atoms with Crippen LogP contribution in [0.15, 0.2) is 11.1 Å². The predicted molar refractivity (Wildman–Crippen MR) is 68.6 cm³/mol. The molecule has 0 aliphatic heterocycles. The van der Waals surface area contributed by atoms with Crippen LogP contribution in [-0.4, -0.2) is 37.8 Å². The molecular formula is C11H17N5O2. The molecule has 0 aliphatic carbocycles. The minimum absolute atomic E-state index is 0.107. The van der Waals surface area contributed by atoms with Crippen LogP contribution in [0.1, 0.15) is 19.8 Å². The van der Waals surface area contributed by atoms with Crippen LogP contribution in [0.2, 0.25) is 0 Å². The van der Waals surface area contributed by atoms with E-state index < -0.39 is 0 Å². The van der Waals surface area contributed by atoms with Gasteiger partial charge in [0.15, 0.2) is 11.2 Å². The molecule has 2 aromatic rings. The Hall–Kier alpha value is -1.89. The second-order valence-corrected chi connectivity index (χ2v) is 4.00. The molecule has 0 radical (unpaired) electrons. The topological polar surface area (TPSA) is 95.8 Å². The third-order valence-electron chi connectivity index (χ3n) is 2.62. The molecule has 0 saturated heterocycles. The summed E-state index contributed by atoms with van der Waals surface area (Å²) in [5.41, 5.74) is 0.723. The van der Waals surface area contributed by atoms with E-state index in [2.05, 4.69) is 20.3 Å². The van der Waals surface area contributed by atoms with E-state index in [-0.39, 0.29) is 12.2 Å². The first kappa shape index (κ1) is 12.6. The van der Waals surface area contributed by atoms with Crippen molar-refractivity contribution in [3.05, 3.63) is 16.7 Å². The van der Waals surface area contributed by atoms with Crippen molar-refractivity contribution in [3.8, 4) is 0 Å². The van der Waals surface area contributed by atoms with Crippen LogP contribution >= 0.6 is 0 Å². The molecule has 0 bridgehead atoms. The minimum atomic E-state index is -0.318. The number of anilines is 1. The highest BCUT2D eigenvalue weighted by atomic mass is 16.3. The van der Waals surface area contributed by atoms with Crippen LogP contribution in [0.5, 0.6) is 0 Å². The fraction of sp³-hybridized carbons (Fsp3) is 0.545. The summed E-state index contributed by atoms with van der Waals surface area (Å²) in [6.07, 6.45) is 3.03. The van der Waals surface area contributed by atoms with Crippen molar-refractivity contribution in [2.24, 2.45) is 0 Å². The first-order valence-electron chi connectivity index (χ1n) is 6.06. The number of aromatic amines is 1. The van der Waals surface area contributed by atoms with Crippen molar-refractivity contribution >= 4 is 17.1 Å². The van der Waals surface area contributed by atoms with Crippen molar-refractivity contribution in [1.29, 1.82) is 0 Å². The maximum Gasteiger partial charge on any atom is 0.300 e. The Bertz CT molecular complexity index is 574. The van der Waals surface area contributed by atoms with Crippen LogP contribution in [0.25, 0.3) is 11.2 Å². The number of aryl methyl sites for hydroxylation is 1. The molecule has 98 valence electrons. The summed E-state index contributed by atoms with van der Waals surface area (Å²) in [6.45, 7) is 3.46. The fourth-order valence-electron chi connectivity index (χ4n) is 1.81. The van der Waals surface area contributed by atoms with E-state index >= 15 is 0 Å². The molecule has 0 atom stereocenters. The lowest BCUT2D eigenvalue weighted by Gasteiger charge is -2.13. The highest BCUT2D eigenvalue weighted by Gasteiger charge is 2.11. The molecule has 0 aromatic carbocycles. The van der Waals surface area contributed by atoms with Crippen molar-refractivity contribution in [2.45, 2.75) is 26.3 Å². The van der Waals surface area contributed by atoms with E-state index in [1.54, 1.807) is 0 Å². The van der Waals surface area contributed by atoms with Gasteiger partial charge in [0.25, 0.3) is 0 Å². The number of nitrogens with zero attached hydrogens (tertiary/aromatic N) is 3. The molecule has 2 heterocycles. The molecule has 7 heteroatoms. The number of aromatic nitrogens is 4. The average molecular weight is 251 g/mol. The molecule has 0 saturated carbocycles. The van der Waals surface area contributed by atoms with Gasteiger partial charge in [-0.05, 0) is 12.8 Å². The van der Waals surface area contributed by atoms with E-state index in [0.29, 0.717) is 30.1 Å². The lowest BCUT2D eigenvalue weighted by Crippen LogP contribution is -2.20. The van der Waals surface area contributed by atoms with Crippen molar-refractivity contribution in [2.75, 3.05) is 18.5 Å². The number of hydrogen-bond acceptors (Lipinski definition) is 5. The first-order chi connectivity index (χ1) is 8.77. The predicted octanol–water partition coefficient (Wildman–Crippen LogP) is 0.324. The van der Waals surface area contributed by atoms with Gasteiger partial charge < -0.3 is 15.4 Å². The smallest absolute Gasteiger partial charge is 0.300 e. The fourth-order valence-corrected chi connectivity index (χ4v) is 1.81. The molecule has 0 amide bonds. The van der Waals surface area contributed by atoms with Crippen LogP contribution in [-0.2, 0) is 6.54 Å². The number of imidazole rings is 1. The van der Waals surface area contributed by atoms with Gasteiger partial charge in [-0.3, -0.25) is 9.36 Å². The zero-order chi connectivity index (χ0) is 13.0. The third-order valence-corrected chi connectivity index (χ3v) is 2.62. The van der Waals surface area contributed by atoms with E-state index in [1.807, 2.05) is 11.5 Å². The van der Waals surface area contributed by atoms with E-state index in [0.717, 1.165) is 13.0 Å². The standard InChI is InChI=1S/C11H17N5O2/c1-2-5-16-9-8(13-7-14-9)10(18)15-11(16)12-4-3-6-17/h7,17H,2-6H2,1H3,(H,13,14)(H,12,15,18). The van der Waals surface area contributed by atoms with Gasteiger partial charge >= 0.3 is 5.56 Å². The summed E-state index contributed by atoms with van der Waals surface area (Å²) in [4.78, 5) is 22.7. The number of aliphatic hydroxyl groups is 1. The average Bonchev–Trinajstić information content (AvgIpc) is 2.84. The molecule has 0 spiro atoms. The Labute approximate surface area is 104 Å². The van der Waals surface area contributed by atoms with Gasteiger partial charge in [-0.1, -0.05) is 6.92 Å². The Morgan fingerprint density at radius 3 is 3.11 bits per heavy atom. The molecule has 0 unspecified atom stereocenters. The van der Waals surface area contributed by atoms with Gasteiger partial charge in [0.05, 0.1) is 6.33 Å². The summed E-state index contributed by atoms with van der Waals surface area (Å²) in [5.74, 6) is 0.509. The summed E-state index contributed by atoms with van der Waals surface area (Å²) < 4.78 is 1.88. The first-order valence-corrected chi connectivity index (χ1v) is 6.06. The maximum atomic E-state index is 11.8. The zero-order valence-electron chi connectivity index (χ0n) is 10.3. The monoisotopic (exact) mass is 251 g/mol. The number of rotatable bonds is 6.